The number of thiophene rings is 1. The van der Waals surface area contributed by atoms with E-state index in [4.69, 9.17) is 4.74 Å². The van der Waals surface area contributed by atoms with Gasteiger partial charge in [0.1, 0.15) is 5.75 Å². The van der Waals surface area contributed by atoms with Gasteiger partial charge < -0.3 is 10.1 Å². The van der Waals surface area contributed by atoms with Crippen LogP contribution in [-0.2, 0) is 0 Å². The lowest BCUT2D eigenvalue weighted by Gasteiger charge is -2.19. The molecule has 0 spiro atoms. The molecule has 0 radical (unpaired) electrons. The van der Waals surface area contributed by atoms with E-state index in [0.717, 1.165) is 11.4 Å². The Kier molecular flexibility index (Phi) is 4.11. The number of fused-ring (bicyclic) bond motifs is 1. The van der Waals surface area contributed by atoms with Gasteiger partial charge in [-0.05, 0) is 54.9 Å². The summed E-state index contributed by atoms with van der Waals surface area (Å²) in [6.45, 7) is 4.86. The van der Waals surface area contributed by atoms with Gasteiger partial charge in [0, 0.05) is 16.0 Å². The monoisotopic (exact) mass is 297 g/mol. The Hall–Kier alpha value is -2.00. The molecule has 0 bridgehead atoms. The van der Waals surface area contributed by atoms with E-state index in [9.17, 15) is 0 Å². The van der Waals surface area contributed by atoms with Gasteiger partial charge in [0.2, 0.25) is 0 Å². The highest BCUT2D eigenvalue weighted by Crippen LogP contribution is 2.30. The summed E-state index contributed by atoms with van der Waals surface area (Å²) in [4.78, 5) is 0. The van der Waals surface area contributed by atoms with Gasteiger partial charge in [0.25, 0.3) is 0 Å². The van der Waals surface area contributed by atoms with E-state index < -0.39 is 0 Å². The van der Waals surface area contributed by atoms with Crippen molar-refractivity contribution in [3.63, 3.8) is 0 Å². The fraction of sp³-hybridized carbons (Fsp3) is 0.222. The molecule has 0 amide bonds. The van der Waals surface area contributed by atoms with Crippen LogP contribution in [0.3, 0.4) is 0 Å². The molecule has 0 aliphatic rings. The van der Waals surface area contributed by atoms with Crippen molar-refractivity contribution in [3.8, 4) is 5.75 Å². The van der Waals surface area contributed by atoms with Gasteiger partial charge in [0.05, 0.1) is 12.6 Å². The van der Waals surface area contributed by atoms with Crippen LogP contribution in [-0.4, -0.2) is 6.61 Å². The average Bonchev–Trinajstić information content (AvgIpc) is 2.95. The first-order valence-corrected chi connectivity index (χ1v) is 8.11. The summed E-state index contributed by atoms with van der Waals surface area (Å²) >= 11 is 1.77. The second-order valence-corrected chi connectivity index (χ2v) is 5.96. The van der Waals surface area contributed by atoms with Crippen LogP contribution in [0, 0.1) is 0 Å². The molecule has 1 atom stereocenters. The summed E-state index contributed by atoms with van der Waals surface area (Å²) in [5.74, 6) is 0.955. The van der Waals surface area contributed by atoms with Crippen LogP contribution in [0.1, 0.15) is 25.5 Å². The minimum absolute atomic E-state index is 0.198. The SMILES string of the molecule is CCOc1ccccc1C(C)Nc1ccc2sccc2c1. The predicted octanol–water partition coefficient (Wildman–Crippen LogP) is 5.47. The van der Waals surface area contributed by atoms with Crippen molar-refractivity contribution < 1.29 is 4.74 Å². The zero-order chi connectivity index (χ0) is 14.7. The van der Waals surface area contributed by atoms with Crippen LogP contribution in [0.4, 0.5) is 5.69 Å². The Bertz CT molecular complexity index is 735. The Morgan fingerprint density at radius 2 is 2.00 bits per heavy atom. The Labute approximate surface area is 129 Å². The summed E-state index contributed by atoms with van der Waals surface area (Å²) in [7, 11) is 0. The molecule has 0 saturated carbocycles. The first-order valence-electron chi connectivity index (χ1n) is 7.23. The van der Waals surface area contributed by atoms with E-state index in [2.05, 4.69) is 54.0 Å². The average molecular weight is 297 g/mol. The summed E-state index contributed by atoms with van der Waals surface area (Å²) < 4.78 is 7.04. The van der Waals surface area contributed by atoms with Gasteiger partial charge in [-0.3, -0.25) is 0 Å². The Balaban J connectivity index is 1.83. The van der Waals surface area contributed by atoms with Crippen molar-refractivity contribution in [2.75, 3.05) is 11.9 Å². The van der Waals surface area contributed by atoms with Gasteiger partial charge in [0.15, 0.2) is 0 Å². The van der Waals surface area contributed by atoms with Crippen molar-refractivity contribution in [3.05, 3.63) is 59.5 Å². The maximum Gasteiger partial charge on any atom is 0.124 e. The molecule has 0 saturated heterocycles. The number of para-hydroxylation sites is 1. The number of hydrogen-bond acceptors (Lipinski definition) is 3. The fourth-order valence-corrected chi connectivity index (χ4v) is 3.28. The molecule has 3 heteroatoms. The maximum atomic E-state index is 5.72. The van der Waals surface area contributed by atoms with Gasteiger partial charge in [-0.15, -0.1) is 11.3 Å². The van der Waals surface area contributed by atoms with E-state index in [1.165, 1.54) is 15.6 Å². The summed E-state index contributed by atoms with van der Waals surface area (Å²) in [5, 5.41) is 6.98. The van der Waals surface area contributed by atoms with E-state index in [1.807, 2.05) is 19.1 Å². The zero-order valence-corrected chi connectivity index (χ0v) is 13.1. The molecule has 0 aliphatic heterocycles. The van der Waals surface area contributed by atoms with E-state index in [0.29, 0.717) is 6.61 Å². The topological polar surface area (TPSA) is 21.3 Å². The molecular weight excluding hydrogens is 278 g/mol. The lowest BCUT2D eigenvalue weighted by molar-refractivity contribution is 0.335. The van der Waals surface area contributed by atoms with Gasteiger partial charge in [-0.1, -0.05) is 18.2 Å². The van der Waals surface area contributed by atoms with E-state index in [-0.39, 0.29) is 6.04 Å². The molecule has 0 aliphatic carbocycles. The van der Waals surface area contributed by atoms with Crippen molar-refractivity contribution >= 4 is 27.1 Å². The molecule has 2 aromatic carbocycles. The van der Waals surface area contributed by atoms with Crippen molar-refractivity contribution in [1.29, 1.82) is 0 Å². The van der Waals surface area contributed by atoms with Gasteiger partial charge in [-0.25, -0.2) is 0 Å². The van der Waals surface area contributed by atoms with Crippen LogP contribution >= 0.6 is 11.3 Å². The normalized spacial score (nSPS) is 12.3. The molecule has 2 nitrogen and oxygen atoms in total. The lowest BCUT2D eigenvalue weighted by Crippen LogP contribution is -2.08. The first-order chi connectivity index (χ1) is 10.3. The molecule has 3 rings (SSSR count). The zero-order valence-electron chi connectivity index (χ0n) is 12.3. The lowest BCUT2D eigenvalue weighted by atomic mass is 10.1. The van der Waals surface area contributed by atoms with Crippen LogP contribution in [0.5, 0.6) is 5.75 Å². The highest BCUT2D eigenvalue weighted by atomic mass is 32.1. The smallest absolute Gasteiger partial charge is 0.124 e. The molecule has 21 heavy (non-hydrogen) atoms. The largest absolute Gasteiger partial charge is 0.494 e. The number of rotatable bonds is 5. The third-order valence-corrected chi connectivity index (χ3v) is 4.42. The van der Waals surface area contributed by atoms with Gasteiger partial charge in [-0.2, -0.15) is 0 Å². The number of hydrogen-bond donors (Lipinski definition) is 1. The van der Waals surface area contributed by atoms with E-state index in [1.54, 1.807) is 11.3 Å². The predicted molar refractivity (Wildman–Crippen MR) is 91.5 cm³/mol. The van der Waals surface area contributed by atoms with Crippen LogP contribution in [0.15, 0.2) is 53.9 Å². The summed E-state index contributed by atoms with van der Waals surface area (Å²) in [5.41, 5.74) is 2.32. The Morgan fingerprint density at radius 3 is 2.86 bits per heavy atom. The second kappa shape index (κ2) is 6.19. The molecule has 1 aromatic heterocycles. The van der Waals surface area contributed by atoms with Crippen molar-refractivity contribution in [2.45, 2.75) is 19.9 Å². The summed E-state index contributed by atoms with van der Waals surface area (Å²) in [6, 6.07) is 17.1. The number of ether oxygens (including phenoxy) is 1. The second-order valence-electron chi connectivity index (χ2n) is 5.01. The van der Waals surface area contributed by atoms with Crippen molar-refractivity contribution in [2.24, 2.45) is 0 Å². The fourth-order valence-electron chi connectivity index (χ4n) is 2.51. The molecule has 1 N–H and O–H groups in total. The molecule has 108 valence electrons. The maximum absolute atomic E-state index is 5.72. The van der Waals surface area contributed by atoms with Crippen LogP contribution < -0.4 is 10.1 Å². The molecule has 3 aromatic rings. The minimum atomic E-state index is 0.198. The highest BCUT2D eigenvalue weighted by molar-refractivity contribution is 7.17. The summed E-state index contributed by atoms with van der Waals surface area (Å²) in [6.07, 6.45) is 0. The molecule has 0 fully saturated rings. The number of nitrogens with one attached hydrogen (secondary N) is 1. The minimum Gasteiger partial charge on any atom is -0.494 e. The highest BCUT2D eigenvalue weighted by Gasteiger charge is 2.11. The molecule has 1 unspecified atom stereocenters. The number of benzene rings is 2. The van der Waals surface area contributed by atoms with Gasteiger partial charge >= 0.3 is 0 Å². The van der Waals surface area contributed by atoms with Crippen molar-refractivity contribution in [1.82, 2.24) is 0 Å². The first kappa shape index (κ1) is 14.0. The van der Waals surface area contributed by atoms with Crippen LogP contribution in [0.25, 0.3) is 10.1 Å². The molecule has 1 heterocycles. The standard InChI is InChI=1S/C18H19NOS/c1-3-20-17-7-5-4-6-16(17)13(2)19-15-8-9-18-14(12-15)10-11-21-18/h4-13,19H,3H2,1-2H3. The Morgan fingerprint density at radius 1 is 1.14 bits per heavy atom. The number of anilines is 1. The van der Waals surface area contributed by atoms with E-state index >= 15 is 0 Å². The third kappa shape index (κ3) is 3.03. The quantitative estimate of drug-likeness (QED) is 0.674. The van der Waals surface area contributed by atoms with Crippen LogP contribution in [0.2, 0.25) is 0 Å². The molecular formula is C18H19NOS. The third-order valence-electron chi connectivity index (χ3n) is 3.52.